The van der Waals surface area contributed by atoms with Gasteiger partial charge in [0.05, 0.1) is 25.5 Å². The average molecular weight is 428 g/mol. The molecule has 0 fully saturated rings. The summed E-state index contributed by atoms with van der Waals surface area (Å²) in [7, 11) is 1.42. The van der Waals surface area contributed by atoms with E-state index in [1.165, 1.54) is 12.7 Å². The van der Waals surface area contributed by atoms with Crippen LogP contribution in [0.4, 0.5) is 0 Å². The van der Waals surface area contributed by atoms with Crippen molar-refractivity contribution in [3.8, 4) is 5.75 Å². The van der Waals surface area contributed by atoms with Gasteiger partial charge in [-0.3, -0.25) is 4.79 Å². The van der Waals surface area contributed by atoms with Crippen LogP contribution in [0.5, 0.6) is 5.75 Å². The quantitative estimate of drug-likeness (QED) is 0.390. The molecule has 1 heterocycles. The van der Waals surface area contributed by atoms with Gasteiger partial charge in [-0.15, -0.1) is 0 Å². The van der Waals surface area contributed by atoms with Crippen molar-refractivity contribution < 1.29 is 19.0 Å². The van der Waals surface area contributed by atoms with Crippen LogP contribution in [0.1, 0.15) is 30.9 Å². The number of carbonyl (C=O) groups is 1. The lowest BCUT2D eigenvalue weighted by Gasteiger charge is -2.13. The highest BCUT2D eigenvalue weighted by Gasteiger charge is 2.27. The van der Waals surface area contributed by atoms with E-state index in [-0.39, 0.29) is 18.1 Å². The van der Waals surface area contributed by atoms with E-state index in [0.29, 0.717) is 12.4 Å². The summed E-state index contributed by atoms with van der Waals surface area (Å²) >= 11 is 1.61. The summed E-state index contributed by atoms with van der Waals surface area (Å²) < 4.78 is 16.6. The minimum atomic E-state index is -0.169. The van der Waals surface area contributed by atoms with E-state index in [4.69, 9.17) is 14.5 Å². The Morgan fingerprint density at radius 1 is 1.17 bits per heavy atom. The van der Waals surface area contributed by atoms with Gasteiger partial charge in [0.25, 0.3) is 0 Å². The molecule has 2 atom stereocenters. The predicted octanol–water partition coefficient (Wildman–Crippen LogP) is 4.53. The van der Waals surface area contributed by atoms with E-state index in [2.05, 4.69) is 23.8 Å². The van der Waals surface area contributed by atoms with Crippen molar-refractivity contribution in [1.82, 2.24) is 0 Å². The maximum absolute atomic E-state index is 11.1. The molecule has 0 aliphatic carbocycles. The van der Waals surface area contributed by atoms with E-state index in [0.717, 1.165) is 42.2 Å². The molecule has 0 N–H and O–H groups in total. The number of methoxy groups -OCH3 is 1. The molecule has 160 valence electrons. The number of hydrogen-bond acceptors (Lipinski definition) is 6. The topological polar surface area (TPSA) is 57.1 Å². The molecule has 5 nitrogen and oxygen atoms in total. The van der Waals surface area contributed by atoms with Crippen molar-refractivity contribution in [3.63, 3.8) is 0 Å². The summed E-state index contributed by atoms with van der Waals surface area (Å²) in [4.78, 5) is 15.9. The highest BCUT2D eigenvalue weighted by molar-refractivity contribution is 7.99. The lowest BCUT2D eigenvalue weighted by atomic mass is 10.1. The number of benzene rings is 2. The van der Waals surface area contributed by atoms with Gasteiger partial charge in [-0.2, -0.15) is 11.8 Å². The standard InChI is InChI=1S/C24H29NO4S/c1-18-22(25-24(29-18)20-10-4-3-5-11-20)13-14-28-21-12-6-8-19(16-21)9-7-15-30-17-23(26)27-2/h3-6,8,10-12,16,18,22H,7,9,13-15,17H2,1-2H3. The molecule has 0 spiro atoms. The van der Waals surface area contributed by atoms with Crippen molar-refractivity contribution in [2.45, 2.75) is 38.3 Å². The maximum atomic E-state index is 11.1. The summed E-state index contributed by atoms with van der Waals surface area (Å²) in [5, 5.41) is 0. The Kier molecular flexibility index (Phi) is 8.63. The number of aryl methyl sites for hydroxylation is 1. The molecule has 6 heteroatoms. The third-order valence-corrected chi connectivity index (χ3v) is 5.94. The molecule has 0 amide bonds. The van der Waals surface area contributed by atoms with E-state index in [9.17, 15) is 4.79 Å². The molecule has 0 aromatic heterocycles. The summed E-state index contributed by atoms with van der Waals surface area (Å²) in [5.74, 6) is 2.78. The first-order valence-corrected chi connectivity index (χ1v) is 11.5. The van der Waals surface area contributed by atoms with Gasteiger partial charge in [-0.1, -0.05) is 30.3 Å². The third kappa shape index (κ3) is 6.80. The van der Waals surface area contributed by atoms with Gasteiger partial charge in [0.2, 0.25) is 5.90 Å². The Labute approximate surface area is 182 Å². The highest BCUT2D eigenvalue weighted by Crippen LogP contribution is 2.21. The molecule has 0 saturated carbocycles. The van der Waals surface area contributed by atoms with Crippen LogP contribution in [0.15, 0.2) is 59.6 Å². The molecular formula is C24H29NO4S. The summed E-state index contributed by atoms with van der Waals surface area (Å²) in [6.07, 6.45) is 2.84. The Balaban J connectivity index is 1.41. The Hall–Kier alpha value is -2.47. The van der Waals surface area contributed by atoms with Gasteiger partial charge in [-0.25, -0.2) is 4.99 Å². The first-order valence-electron chi connectivity index (χ1n) is 10.3. The van der Waals surface area contributed by atoms with Crippen LogP contribution < -0.4 is 4.74 Å². The minimum Gasteiger partial charge on any atom is -0.494 e. The molecule has 3 rings (SSSR count). The fraction of sp³-hybridized carbons (Fsp3) is 0.417. The summed E-state index contributed by atoms with van der Waals surface area (Å²) in [6.45, 7) is 2.66. The zero-order valence-electron chi connectivity index (χ0n) is 17.6. The van der Waals surface area contributed by atoms with Gasteiger partial charge in [0.1, 0.15) is 11.9 Å². The summed E-state index contributed by atoms with van der Waals surface area (Å²) in [6, 6.07) is 18.3. The number of esters is 1. The maximum Gasteiger partial charge on any atom is 0.315 e. The van der Waals surface area contributed by atoms with Crippen molar-refractivity contribution in [1.29, 1.82) is 0 Å². The number of rotatable bonds is 11. The SMILES string of the molecule is COC(=O)CSCCCc1cccc(OCCC2N=C(c3ccccc3)OC2C)c1. The number of hydrogen-bond donors (Lipinski definition) is 0. The molecule has 2 unspecified atom stereocenters. The van der Waals surface area contributed by atoms with Gasteiger partial charge < -0.3 is 14.2 Å². The van der Waals surface area contributed by atoms with Crippen LogP contribution in [0.25, 0.3) is 0 Å². The Morgan fingerprint density at radius 3 is 2.80 bits per heavy atom. The van der Waals surface area contributed by atoms with E-state index in [1.54, 1.807) is 11.8 Å². The van der Waals surface area contributed by atoms with Crippen molar-refractivity contribution >= 4 is 23.6 Å². The molecule has 1 aliphatic rings. The minimum absolute atomic E-state index is 0.0534. The molecule has 30 heavy (non-hydrogen) atoms. The number of ether oxygens (including phenoxy) is 3. The zero-order chi connectivity index (χ0) is 21.2. The van der Waals surface area contributed by atoms with E-state index < -0.39 is 0 Å². The largest absolute Gasteiger partial charge is 0.494 e. The smallest absolute Gasteiger partial charge is 0.315 e. The molecule has 0 radical (unpaired) electrons. The molecule has 2 aromatic carbocycles. The van der Waals surface area contributed by atoms with Crippen LogP contribution in [0.2, 0.25) is 0 Å². The molecule has 1 aliphatic heterocycles. The van der Waals surface area contributed by atoms with Gasteiger partial charge >= 0.3 is 5.97 Å². The fourth-order valence-electron chi connectivity index (χ4n) is 3.24. The molecule has 0 bridgehead atoms. The number of nitrogens with zero attached hydrogens (tertiary/aromatic N) is 1. The zero-order valence-corrected chi connectivity index (χ0v) is 18.4. The molecule has 0 saturated heterocycles. The first kappa shape index (κ1) is 22.2. The second-order valence-electron chi connectivity index (χ2n) is 7.21. The van der Waals surface area contributed by atoms with Gasteiger partial charge in [0, 0.05) is 12.0 Å². The van der Waals surface area contributed by atoms with E-state index >= 15 is 0 Å². The second-order valence-corrected chi connectivity index (χ2v) is 8.31. The predicted molar refractivity (Wildman–Crippen MR) is 122 cm³/mol. The normalized spacial score (nSPS) is 17.9. The van der Waals surface area contributed by atoms with Crippen LogP contribution in [0.3, 0.4) is 0 Å². The number of aliphatic imine (C=N–C) groups is 1. The van der Waals surface area contributed by atoms with Crippen LogP contribution >= 0.6 is 11.8 Å². The average Bonchev–Trinajstić information content (AvgIpc) is 3.15. The third-order valence-electron chi connectivity index (χ3n) is 4.93. The van der Waals surface area contributed by atoms with Crippen LogP contribution in [0, 0.1) is 0 Å². The van der Waals surface area contributed by atoms with Crippen molar-refractivity contribution in [2.24, 2.45) is 4.99 Å². The Bertz CT molecular complexity index is 840. The van der Waals surface area contributed by atoms with E-state index in [1.807, 2.05) is 42.5 Å². The first-order chi connectivity index (χ1) is 14.7. The van der Waals surface area contributed by atoms with Crippen LogP contribution in [-0.4, -0.2) is 49.2 Å². The molecule has 2 aromatic rings. The lowest BCUT2D eigenvalue weighted by Crippen LogP contribution is -2.21. The van der Waals surface area contributed by atoms with Crippen molar-refractivity contribution in [3.05, 3.63) is 65.7 Å². The molecular weight excluding hydrogens is 398 g/mol. The highest BCUT2D eigenvalue weighted by atomic mass is 32.2. The fourth-order valence-corrected chi connectivity index (χ4v) is 4.02. The monoisotopic (exact) mass is 427 g/mol. The van der Waals surface area contributed by atoms with Crippen LogP contribution in [-0.2, 0) is 20.7 Å². The number of thioether (sulfide) groups is 1. The Morgan fingerprint density at radius 2 is 2.00 bits per heavy atom. The summed E-state index contributed by atoms with van der Waals surface area (Å²) in [5.41, 5.74) is 2.26. The van der Waals surface area contributed by atoms with Crippen molar-refractivity contribution in [2.75, 3.05) is 25.2 Å². The van der Waals surface area contributed by atoms with Gasteiger partial charge in [-0.05, 0) is 55.3 Å². The number of carbonyl (C=O) groups excluding carboxylic acids is 1. The second kappa shape index (κ2) is 11.6. The van der Waals surface area contributed by atoms with Gasteiger partial charge in [0.15, 0.2) is 0 Å². The lowest BCUT2D eigenvalue weighted by molar-refractivity contribution is -0.137.